The molecule has 0 saturated carbocycles. The fourth-order valence-electron chi connectivity index (χ4n) is 4.07. The zero-order valence-corrected chi connectivity index (χ0v) is 19.4. The maximum atomic E-state index is 12.7. The quantitative estimate of drug-likeness (QED) is 0.424. The Morgan fingerprint density at radius 2 is 1.94 bits per heavy atom. The van der Waals surface area contributed by atoms with E-state index in [1.165, 1.54) is 4.68 Å². The van der Waals surface area contributed by atoms with Gasteiger partial charge in [0.05, 0.1) is 17.6 Å². The van der Waals surface area contributed by atoms with Gasteiger partial charge in [-0.2, -0.15) is 14.9 Å². The summed E-state index contributed by atoms with van der Waals surface area (Å²) < 4.78 is 6.84. The average molecular weight is 490 g/mol. The van der Waals surface area contributed by atoms with Gasteiger partial charge in [0.1, 0.15) is 11.6 Å². The first-order valence-corrected chi connectivity index (χ1v) is 11.1. The number of nitrogens with two attached hydrogens (primary N) is 1. The molecule has 10 nitrogen and oxygen atoms in total. The van der Waals surface area contributed by atoms with Gasteiger partial charge in [0.15, 0.2) is 6.61 Å². The summed E-state index contributed by atoms with van der Waals surface area (Å²) in [6, 6.07) is 14.4. The van der Waals surface area contributed by atoms with Gasteiger partial charge in [-0.15, -0.1) is 5.10 Å². The van der Waals surface area contributed by atoms with Crippen molar-refractivity contribution in [1.29, 1.82) is 0 Å². The number of hydrogen-bond acceptors (Lipinski definition) is 7. The van der Waals surface area contributed by atoms with E-state index in [1.807, 2.05) is 31.2 Å². The molecule has 0 bridgehead atoms. The molecule has 0 spiro atoms. The van der Waals surface area contributed by atoms with Gasteiger partial charge in [-0.1, -0.05) is 35.9 Å². The maximum Gasteiger partial charge on any atom is 0.272 e. The minimum atomic E-state index is -0.553. The maximum absolute atomic E-state index is 12.7. The summed E-state index contributed by atoms with van der Waals surface area (Å²) in [5.41, 5.74) is 9.07. The monoisotopic (exact) mass is 489 g/mol. The van der Waals surface area contributed by atoms with Gasteiger partial charge >= 0.3 is 0 Å². The molecule has 5 rings (SSSR count). The number of halogens is 1. The highest BCUT2D eigenvalue weighted by molar-refractivity contribution is 6.30. The number of ether oxygens (including phenoxy) is 1. The molecule has 4 aromatic rings. The summed E-state index contributed by atoms with van der Waals surface area (Å²) in [7, 11) is 0. The largest absolute Gasteiger partial charge is 0.484 e. The van der Waals surface area contributed by atoms with E-state index in [0.717, 1.165) is 22.4 Å². The molecule has 35 heavy (non-hydrogen) atoms. The molecule has 1 aliphatic heterocycles. The Balaban J connectivity index is 1.51. The SMILES string of the molecule is Cc1nn(-c2nncc(-c3ccc(Cl)cc3)n2)c2c1C(c1ccc(OCC(N)=O)cc1)CC(=O)N2. The highest BCUT2D eigenvalue weighted by atomic mass is 35.5. The van der Waals surface area contributed by atoms with E-state index in [4.69, 9.17) is 22.1 Å². The van der Waals surface area contributed by atoms with Crippen LogP contribution in [0.15, 0.2) is 54.7 Å². The highest BCUT2D eigenvalue weighted by Crippen LogP contribution is 2.40. The second kappa shape index (κ2) is 9.15. The molecular formula is C24H20ClN7O3. The van der Waals surface area contributed by atoms with Gasteiger partial charge in [-0.25, -0.2) is 4.98 Å². The number of primary amides is 1. The van der Waals surface area contributed by atoms with E-state index >= 15 is 0 Å². The molecule has 2 aromatic carbocycles. The van der Waals surface area contributed by atoms with Crippen LogP contribution in [0.2, 0.25) is 5.02 Å². The van der Waals surface area contributed by atoms with E-state index < -0.39 is 5.91 Å². The van der Waals surface area contributed by atoms with Crippen molar-refractivity contribution in [3.63, 3.8) is 0 Å². The molecule has 176 valence electrons. The Kier molecular flexibility index (Phi) is 5.87. The Morgan fingerprint density at radius 3 is 2.66 bits per heavy atom. The average Bonchev–Trinajstić information content (AvgIpc) is 3.19. The van der Waals surface area contributed by atoms with Crippen LogP contribution >= 0.6 is 11.6 Å². The number of fused-ring (bicyclic) bond motifs is 1. The molecule has 0 saturated heterocycles. The Hall–Kier alpha value is -4.31. The number of carbonyl (C=O) groups is 2. The van der Waals surface area contributed by atoms with E-state index in [-0.39, 0.29) is 30.8 Å². The highest BCUT2D eigenvalue weighted by Gasteiger charge is 2.33. The molecular weight excluding hydrogens is 470 g/mol. The summed E-state index contributed by atoms with van der Waals surface area (Å²) in [5, 5.41) is 16.4. The lowest BCUT2D eigenvalue weighted by molar-refractivity contribution is -0.120. The second-order valence-corrected chi connectivity index (χ2v) is 8.47. The smallest absolute Gasteiger partial charge is 0.272 e. The van der Waals surface area contributed by atoms with Gasteiger partial charge in [-0.3, -0.25) is 9.59 Å². The van der Waals surface area contributed by atoms with E-state index in [0.29, 0.717) is 22.3 Å². The summed E-state index contributed by atoms with van der Waals surface area (Å²) in [6.07, 6.45) is 1.81. The van der Waals surface area contributed by atoms with Crippen molar-refractivity contribution >= 4 is 29.2 Å². The van der Waals surface area contributed by atoms with Crippen molar-refractivity contribution in [1.82, 2.24) is 25.0 Å². The summed E-state index contributed by atoms with van der Waals surface area (Å²) in [4.78, 5) is 28.2. The predicted octanol–water partition coefficient (Wildman–Crippen LogP) is 3.02. The number of anilines is 1. The van der Waals surface area contributed by atoms with Gasteiger partial charge in [-0.05, 0) is 36.8 Å². The normalized spacial score (nSPS) is 14.8. The van der Waals surface area contributed by atoms with Crippen LogP contribution in [0.3, 0.4) is 0 Å². The number of hydrogen-bond donors (Lipinski definition) is 2. The van der Waals surface area contributed by atoms with Gasteiger partial charge in [0, 0.05) is 28.5 Å². The van der Waals surface area contributed by atoms with Crippen LogP contribution in [0.1, 0.15) is 29.2 Å². The third-order valence-corrected chi connectivity index (χ3v) is 5.90. The van der Waals surface area contributed by atoms with Crippen LogP contribution in [-0.2, 0) is 9.59 Å². The van der Waals surface area contributed by atoms with Crippen LogP contribution in [-0.4, -0.2) is 43.4 Å². The van der Waals surface area contributed by atoms with Gasteiger partial charge in [0.2, 0.25) is 5.91 Å². The van der Waals surface area contributed by atoms with Crippen molar-refractivity contribution in [2.75, 3.05) is 11.9 Å². The minimum absolute atomic E-state index is 0.153. The first kappa shape index (κ1) is 22.5. The van der Waals surface area contributed by atoms with Crippen LogP contribution < -0.4 is 15.8 Å². The standard InChI is InChI=1S/C24H20ClN7O3/c1-13-22-18(14-4-8-17(9-5-14)35-12-20(26)33)10-21(34)29-23(22)32(31-13)24-28-19(11-27-30-24)15-2-6-16(25)7-3-15/h2-9,11,18H,10,12H2,1H3,(H2,26,33)(H,29,34). The summed E-state index contributed by atoms with van der Waals surface area (Å²) in [6.45, 7) is 1.67. The van der Waals surface area contributed by atoms with E-state index in [2.05, 4.69) is 25.6 Å². The molecule has 11 heteroatoms. The lowest BCUT2D eigenvalue weighted by atomic mass is 9.86. The van der Waals surface area contributed by atoms with Crippen molar-refractivity contribution < 1.29 is 14.3 Å². The van der Waals surface area contributed by atoms with Crippen molar-refractivity contribution in [2.45, 2.75) is 19.3 Å². The van der Waals surface area contributed by atoms with E-state index in [9.17, 15) is 9.59 Å². The molecule has 0 aliphatic carbocycles. The number of benzene rings is 2. The first-order valence-electron chi connectivity index (χ1n) is 10.8. The minimum Gasteiger partial charge on any atom is -0.484 e. The van der Waals surface area contributed by atoms with E-state index in [1.54, 1.807) is 30.5 Å². The molecule has 0 fully saturated rings. The molecule has 1 unspecified atom stereocenters. The predicted molar refractivity (Wildman–Crippen MR) is 128 cm³/mol. The molecule has 3 heterocycles. The van der Waals surface area contributed by atoms with Gasteiger partial charge < -0.3 is 15.8 Å². The van der Waals surface area contributed by atoms with Crippen molar-refractivity contribution in [3.05, 3.63) is 76.6 Å². The zero-order chi connectivity index (χ0) is 24.5. The van der Waals surface area contributed by atoms with Crippen LogP contribution in [0.5, 0.6) is 5.75 Å². The lowest BCUT2D eigenvalue weighted by Crippen LogP contribution is -2.25. The van der Waals surface area contributed by atoms with Gasteiger partial charge in [0.25, 0.3) is 11.9 Å². The number of nitrogens with one attached hydrogen (secondary N) is 1. The molecule has 1 atom stereocenters. The number of rotatable bonds is 6. The molecule has 3 N–H and O–H groups in total. The lowest BCUT2D eigenvalue weighted by Gasteiger charge is -2.24. The third kappa shape index (κ3) is 4.56. The number of nitrogens with zero attached hydrogens (tertiary/aromatic N) is 5. The summed E-state index contributed by atoms with van der Waals surface area (Å²) in [5.74, 6) is 0.317. The van der Waals surface area contributed by atoms with Crippen LogP contribution in [0.4, 0.5) is 5.82 Å². The molecule has 0 radical (unpaired) electrons. The number of aryl methyl sites for hydroxylation is 1. The fourth-order valence-corrected chi connectivity index (χ4v) is 4.20. The zero-order valence-electron chi connectivity index (χ0n) is 18.6. The van der Waals surface area contributed by atoms with Crippen LogP contribution in [0, 0.1) is 6.92 Å². The fraction of sp³-hybridized carbons (Fsp3) is 0.167. The number of amides is 2. The van der Waals surface area contributed by atoms with Crippen molar-refractivity contribution in [3.8, 4) is 23.0 Å². The number of aromatic nitrogens is 5. The van der Waals surface area contributed by atoms with Crippen molar-refractivity contribution in [2.24, 2.45) is 5.73 Å². The number of carbonyl (C=O) groups excluding carboxylic acids is 2. The summed E-state index contributed by atoms with van der Waals surface area (Å²) >= 11 is 5.99. The topological polar surface area (TPSA) is 138 Å². The Labute approximate surface area is 205 Å². The second-order valence-electron chi connectivity index (χ2n) is 8.04. The molecule has 2 aromatic heterocycles. The molecule has 2 amide bonds. The third-order valence-electron chi connectivity index (χ3n) is 5.64. The van der Waals surface area contributed by atoms with Crippen LogP contribution in [0.25, 0.3) is 17.2 Å². The Morgan fingerprint density at radius 1 is 1.20 bits per heavy atom. The molecule has 1 aliphatic rings. The Bertz CT molecular complexity index is 1420. The first-order chi connectivity index (χ1) is 16.9.